The molecule has 1 aromatic heterocycles. The molecule has 0 spiro atoms. The van der Waals surface area contributed by atoms with Crippen LogP contribution in [0.5, 0.6) is 0 Å². The Balaban J connectivity index is 1.96. The zero-order valence-corrected chi connectivity index (χ0v) is 14.9. The van der Waals surface area contributed by atoms with Crippen molar-refractivity contribution in [1.82, 2.24) is 10.3 Å². The normalized spacial score (nSPS) is 13.3. The van der Waals surface area contributed by atoms with Crippen LogP contribution >= 0.6 is 11.8 Å². The number of carbonyl (C=O) groups excluding carboxylic acids is 2. The number of nitrogens with zero attached hydrogens (tertiary/aromatic N) is 1. The van der Waals surface area contributed by atoms with Crippen LogP contribution in [0.15, 0.2) is 41.4 Å². The third kappa shape index (κ3) is 4.71. The number of hydrogen-bond donors (Lipinski definition) is 1. The number of ether oxygens (including phenoxy) is 1. The van der Waals surface area contributed by atoms with Crippen molar-refractivity contribution in [3.63, 3.8) is 0 Å². The molecular weight excluding hydrogens is 324 g/mol. The standard InChI is InChI=1S/C18H22N2O3S/c1-4-12(2)17(18(22)23-3)20-15(21)11-24-16-10-9-13-7-5-6-8-14(13)19-16/h5-10,12,17H,4,11H2,1-3H3,(H,20,21)/t12-,17+/m0/s1. The van der Waals surface area contributed by atoms with Crippen LogP contribution in [0.2, 0.25) is 0 Å². The topological polar surface area (TPSA) is 68.3 Å². The molecule has 128 valence electrons. The number of hydrogen-bond acceptors (Lipinski definition) is 5. The molecule has 0 saturated carbocycles. The number of rotatable bonds is 7. The van der Waals surface area contributed by atoms with Crippen molar-refractivity contribution in [2.75, 3.05) is 12.9 Å². The number of amides is 1. The highest BCUT2D eigenvalue weighted by molar-refractivity contribution is 7.99. The monoisotopic (exact) mass is 346 g/mol. The molecule has 2 aromatic rings. The molecule has 0 saturated heterocycles. The molecule has 0 fully saturated rings. The first kappa shape index (κ1) is 18.3. The van der Waals surface area contributed by atoms with Gasteiger partial charge in [0.1, 0.15) is 6.04 Å². The van der Waals surface area contributed by atoms with Crippen LogP contribution in [0.4, 0.5) is 0 Å². The molecule has 5 nitrogen and oxygen atoms in total. The van der Waals surface area contributed by atoms with Gasteiger partial charge in [0.05, 0.1) is 23.4 Å². The van der Waals surface area contributed by atoms with E-state index >= 15 is 0 Å². The molecule has 6 heteroatoms. The van der Waals surface area contributed by atoms with E-state index in [1.165, 1.54) is 18.9 Å². The summed E-state index contributed by atoms with van der Waals surface area (Å²) in [5, 5.41) is 4.61. The van der Waals surface area contributed by atoms with Crippen molar-refractivity contribution in [3.05, 3.63) is 36.4 Å². The molecule has 2 rings (SSSR count). The Kier molecular flexibility index (Phi) is 6.61. The number of benzene rings is 1. The number of methoxy groups -OCH3 is 1. The summed E-state index contributed by atoms with van der Waals surface area (Å²) in [5.41, 5.74) is 0.898. The zero-order chi connectivity index (χ0) is 17.5. The predicted molar refractivity (Wildman–Crippen MR) is 95.9 cm³/mol. The Bertz CT molecular complexity index is 720. The molecule has 0 bridgehead atoms. The van der Waals surface area contributed by atoms with Gasteiger partial charge in [0, 0.05) is 5.39 Å². The van der Waals surface area contributed by atoms with Crippen LogP contribution in [-0.2, 0) is 14.3 Å². The Morgan fingerprint density at radius 3 is 2.71 bits per heavy atom. The molecule has 1 N–H and O–H groups in total. The van der Waals surface area contributed by atoms with Crippen LogP contribution in [0, 0.1) is 5.92 Å². The van der Waals surface area contributed by atoms with Gasteiger partial charge in [-0.15, -0.1) is 0 Å². The van der Waals surface area contributed by atoms with Crippen molar-refractivity contribution in [3.8, 4) is 0 Å². The molecule has 0 aliphatic carbocycles. The van der Waals surface area contributed by atoms with E-state index in [9.17, 15) is 9.59 Å². The second-order valence-corrected chi connectivity index (χ2v) is 6.58. The van der Waals surface area contributed by atoms with E-state index in [1.54, 1.807) is 0 Å². The number of thioether (sulfide) groups is 1. The fourth-order valence-electron chi connectivity index (χ4n) is 2.28. The molecule has 0 aliphatic rings. The smallest absolute Gasteiger partial charge is 0.328 e. The summed E-state index contributed by atoms with van der Waals surface area (Å²) in [6, 6.07) is 11.1. The van der Waals surface area contributed by atoms with Crippen LogP contribution in [0.1, 0.15) is 20.3 Å². The Morgan fingerprint density at radius 1 is 1.25 bits per heavy atom. The van der Waals surface area contributed by atoms with E-state index in [-0.39, 0.29) is 17.6 Å². The first-order valence-electron chi connectivity index (χ1n) is 7.91. The molecule has 24 heavy (non-hydrogen) atoms. The van der Waals surface area contributed by atoms with E-state index in [4.69, 9.17) is 4.74 Å². The maximum Gasteiger partial charge on any atom is 0.328 e. The predicted octanol–water partition coefficient (Wildman–Crippen LogP) is 3.03. The highest BCUT2D eigenvalue weighted by Crippen LogP contribution is 2.20. The number of para-hydroxylation sites is 1. The maximum absolute atomic E-state index is 12.2. The average molecular weight is 346 g/mol. The fourth-order valence-corrected chi connectivity index (χ4v) is 2.97. The number of aromatic nitrogens is 1. The second-order valence-electron chi connectivity index (χ2n) is 5.58. The quantitative estimate of drug-likeness (QED) is 0.616. The lowest BCUT2D eigenvalue weighted by Crippen LogP contribution is -2.46. The van der Waals surface area contributed by atoms with E-state index < -0.39 is 12.0 Å². The highest BCUT2D eigenvalue weighted by atomic mass is 32.2. The summed E-state index contributed by atoms with van der Waals surface area (Å²) in [6.45, 7) is 3.89. The molecule has 0 radical (unpaired) electrons. The summed E-state index contributed by atoms with van der Waals surface area (Å²) >= 11 is 1.35. The zero-order valence-electron chi connectivity index (χ0n) is 14.1. The van der Waals surface area contributed by atoms with Gasteiger partial charge in [-0.1, -0.05) is 56.3 Å². The number of fused-ring (bicyclic) bond motifs is 1. The first-order chi connectivity index (χ1) is 11.5. The van der Waals surface area contributed by atoms with E-state index in [0.29, 0.717) is 0 Å². The lowest BCUT2D eigenvalue weighted by atomic mass is 9.99. The molecule has 1 aromatic carbocycles. The minimum atomic E-state index is -0.613. The summed E-state index contributed by atoms with van der Waals surface area (Å²) in [4.78, 5) is 28.5. The lowest BCUT2D eigenvalue weighted by molar-refractivity contribution is -0.146. The van der Waals surface area contributed by atoms with E-state index in [2.05, 4.69) is 10.3 Å². The molecule has 0 unspecified atom stereocenters. The van der Waals surface area contributed by atoms with Crippen LogP contribution in [-0.4, -0.2) is 35.8 Å². The minimum Gasteiger partial charge on any atom is -0.467 e. The van der Waals surface area contributed by atoms with Crippen molar-refractivity contribution < 1.29 is 14.3 Å². The van der Waals surface area contributed by atoms with Gasteiger partial charge in [0.25, 0.3) is 0 Å². The summed E-state index contributed by atoms with van der Waals surface area (Å²) in [5.74, 6) is -0.391. The molecular formula is C18H22N2O3S. The fraction of sp³-hybridized carbons (Fsp3) is 0.389. The molecule has 1 amide bonds. The van der Waals surface area contributed by atoms with Crippen molar-refractivity contribution in [2.24, 2.45) is 5.92 Å². The van der Waals surface area contributed by atoms with Gasteiger partial charge in [-0.3, -0.25) is 4.79 Å². The van der Waals surface area contributed by atoms with Crippen molar-refractivity contribution >= 4 is 34.5 Å². The van der Waals surface area contributed by atoms with Gasteiger partial charge in [-0.2, -0.15) is 0 Å². The third-order valence-corrected chi connectivity index (χ3v) is 4.84. The summed E-state index contributed by atoms with van der Waals surface area (Å²) < 4.78 is 4.77. The SMILES string of the molecule is CC[C@H](C)[C@@H](NC(=O)CSc1ccc2ccccc2n1)C(=O)OC. The number of esters is 1. The van der Waals surface area contributed by atoms with Crippen LogP contribution in [0.25, 0.3) is 10.9 Å². The maximum atomic E-state index is 12.2. The average Bonchev–Trinajstić information content (AvgIpc) is 2.62. The van der Waals surface area contributed by atoms with Crippen LogP contribution in [0.3, 0.4) is 0 Å². The Hall–Kier alpha value is -2.08. The first-order valence-corrected chi connectivity index (χ1v) is 8.89. The van der Waals surface area contributed by atoms with Crippen molar-refractivity contribution in [1.29, 1.82) is 0 Å². The van der Waals surface area contributed by atoms with Gasteiger partial charge < -0.3 is 10.1 Å². The van der Waals surface area contributed by atoms with E-state index in [1.807, 2.05) is 50.2 Å². The summed E-state index contributed by atoms with van der Waals surface area (Å²) in [6.07, 6.45) is 0.777. The Morgan fingerprint density at radius 2 is 2.00 bits per heavy atom. The molecule has 1 heterocycles. The molecule has 0 aliphatic heterocycles. The number of carbonyl (C=O) groups is 2. The second kappa shape index (κ2) is 8.68. The van der Waals surface area contributed by atoms with Gasteiger partial charge in [-0.25, -0.2) is 9.78 Å². The summed E-state index contributed by atoms with van der Waals surface area (Å²) in [7, 11) is 1.33. The number of pyridine rings is 1. The van der Waals surface area contributed by atoms with Crippen molar-refractivity contribution in [2.45, 2.75) is 31.3 Å². The Labute approximate surface area is 146 Å². The van der Waals surface area contributed by atoms with Gasteiger partial charge >= 0.3 is 5.97 Å². The van der Waals surface area contributed by atoms with Crippen LogP contribution < -0.4 is 5.32 Å². The van der Waals surface area contributed by atoms with Gasteiger partial charge in [0.15, 0.2) is 0 Å². The van der Waals surface area contributed by atoms with E-state index in [0.717, 1.165) is 22.3 Å². The number of nitrogens with one attached hydrogen (secondary N) is 1. The molecule has 2 atom stereocenters. The highest BCUT2D eigenvalue weighted by Gasteiger charge is 2.26. The largest absolute Gasteiger partial charge is 0.467 e. The van der Waals surface area contributed by atoms with Gasteiger partial charge in [0.2, 0.25) is 5.91 Å². The minimum absolute atomic E-state index is 0.0187. The lowest BCUT2D eigenvalue weighted by Gasteiger charge is -2.21. The third-order valence-electron chi connectivity index (χ3n) is 3.91. The van der Waals surface area contributed by atoms with Gasteiger partial charge in [-0.05, 0) is 18.1 Å².